The van der Waals surface area contributed by atoms with Crippen molar-refractivity contribution in [2.45, 2.75) is 43.6 Å². The zero-order chi connectivity index (χ0) is 22.4. The maximum Gasteiger partial charge on any atom is 0.251 e. The van der Waals surface area contributed by atoms with E-state index in [1.807, 2.05) is 30.5 Å². The zero-order valence-electron chi connectivity index (χ0n) is 18.4. The minimum Gasteiger partial charge on any atom is -0.493 e. The summed E-state index contributed by atoms with van der Waals surface area (Å²) >= 11 is 0. The monoisotopic (exact) mass is 431 g/mol. The Morgan fingerprint density at radius 3 is 2.72 bits per heavy atom. The lowest BCUT2D eigenvalue weighted by atomic mass is 9.68. The molecule has 0 saturated heterocycles. The summed E-state index contributed by atoms with van der Waals surface area (Å²) in [5.41, 5.74) is 2.90. The van der Waals surface area contributed by atoms with E-state index < -0.39 is 0 Å². The van der Waals surface area contributed by atoms with Crippen LogP contribution in [-0.2, 0) is 11.8 Å². The van der Waals surface area contributed by atoms with Gasteiger partial charge in [0, 0.05) is 37.0 Å². The third-order valence-corrected chi connectivity index (χ3v) is 6.61. The highest BCUT2D eigenvalue weighted by molar-refractivity contribution is 5.94. The number of nitrogens with one attached hydrogen (secondary N) is 3. The van der Waals surface area contributed by atoms with E-state index in [1.165, 1.54) is 5.56 Å². The summed E-state index contributed by atoms with van der Waals surface area (Å²) in [4.78, 5) is 17.1. The lowest BCUT2D eigenvalue weighted by Gasteiger charge is -2.41. The summed E-state index contributed by atoms with van der Waals surface area (Å²) in [6.07, 6.45) is 6.47. The van der Waals surface area contributed by atoms with Gasteiger partial charge in [-0.15, -0.1) is 0 Å². The number of carbonyl (C=O) groups excluding carboxylic acids is 1. The van der Waals surface area contributed by atoms with E-state index in [-0.39, 0.29) is 17.4 Å². The fourth-order valence-corrected chi connectivity index (χ4v) is 4.76. The standard InChI is InChI=1S/C25H29N5O2/c1-27-24(29-17-26)30-21-9-12-25(13-10-21,20-5-3-2-4-6-20)16-28-23(31)19-7-8-22-18(15-19)11-14-32-22/h2-8,15,21H,9-14,16H2,1H3,(H,28,31)(H2,27,29,30). The first-order valence-electron chi connectivity index (χ1n) is 11.1. The van der Waals surface area contributed by atoms with E-state index in [4.69, 9.17) is 10.00 Å². The maximum atomic E-state index is 13.0. The molecule has 7 heteroatoms. The van der Waals surface area contributed by atoms with Crippen LogP contribution in [0.4, 0.5) is 0 Å². The second-order valence-corrected chi connectivity index (χ2v) is 8.48. The van der Waals surface area contributed by atoms with Crippen molar-refractivity contribution in [1.82, 2.24) is 16.0 Å². The maximum absolute atomic E-state index is 13.0. The quantitative estimate of drug-likeness (QED) is 0.293. The SMILES string of the molecule is CN=C(NC#N)NC1CCC(CNC(=O)c2ccc3c(c2)CCO3)(c2ccccc2)CC1. The highest BCUT2D eigenvalue weighted by Crippen LogP contribution is 2.39. The van der Waals surface area contributed by atoms with Gasteiger partial charge in [0.15, 0.2) is 6.19 Å². The number of hydrogen-bond donors (Lipinski definition) is 3. The topological polar surface area (TPSA) is 98.5 Å². The molecule has 0 radical (unpaired) electrons. The average molecular weight is 432 g/mol. The highest BCUT2D eigenvalue weighted by atomic mass is 16.5. The lowest BCUT2D eigenvalue weighted by molar-refractivity contribution is 0.0935. The van der Waals surface area contributed by atoms with E-state index in [1.54, 1.807) is 7.05 Å². The van der Waals surface area contributed by atoms with Gasteiger partial charge in [-0.1, -0.05) is 30.3 Å². The molecule has 1 amide bonds. The van der Waals surface area contributed by atoms with Crippen LogP contribution in [0, 0.1) is 11.5 Å². The minimum atomic E-state index is -0.124. The average Bonchev–Trinajstić information content (AvgIpc) is 3.32. The largest absolute Gasteiger partial charge is 0.493 e. The number of amides is 1. The number of aliphatic imine (C=N–C) groups is 1. The molecule has 166 valence electrons. The van der Waals surface area contributed by atoms with Crippen molar-refractivity contribution >= 4 is 11.9 Å². The molecule has 1 saturated carbocycles. The van der Waals surface area contributed by atoms with Gasteiger partial charge in [-0.25, -0.2) is 0 Å². The smallest absolute Gasteiger partial charge is 0.251 e. The van der Waals surface area contributed by atoms with Gasteiger partial charge in [-0.2, -0.15) is 5.26 Å². The number of guanidine groups is 1. The molecule has 0 unspecified atom stereocenters. The molecular formula is C25H29N5O2. The normalized spacial score (nSPS) is 22.2. The van der Waals surface area contributed by atoms with E-state index in [2.05, 4.69) is 45.2 Å². The molecule has 1 aliphatic carbocycles. The van der Waals surface area contributed by atoms with E-state index >= 15 is 0 Å². The van der Waals surface area contributed by atoms with Crippen LogP contribution in [-0.4, -0.2) is 38.1 Å². The Kier molecular flexibility index (Phi) is 6.60. The van der Waals surface area contributed by atoms with Crippen molar-refractivity contribution in [2.24, 2.45) is 4.99 Å². The Bertz CT molecular complexity index is 1020. The lowest BCUT2D eigenvalue weighted by Crippen LogP contribution is -2.49. The Morgan fingerprint density at radius 1 is 1.22 bits per heavy atom. The molecule has 0 atom stereocenters. The Hall–Kier alpha value is -3.53. The van der Waals surface area contributed by atoms with Crippen LogP contribution in [0.2, 0.25) is 0 Å². The van der Waals surface area contributed by atoms with Crippen molar-refractivity contribution < 1.29 is 9.53 Å². The van der Waals surface area contributed by atoms with Gasteiger partial charge in [0.05, 0.1) is 6.61 Å². The molecule has 32 heavy (non-hydrogen) atoms. The second-order valence-electron chi connectivity index (χ2n) is 8.48. The number of hydrogen-bond acceptors (Lipinski definition) is 4. The van der Waals surface area contributed by atoms with Crippen LogP contribution in [0.5, 0.6) is 5.75 Å². The molecule has 2 aromatic rings. The van der Waals surface area contributed by atoms with Crippen molar-refractivity contribution in [3.63, 3.8) is 0 Å². The Balaban J connectivity index is 1.45. The fraction of sp³-hybridized carbons (Fsp3) is 0.400. The molecule has 1 fully saturated rings. The number of fused-ring (bicyclic) bond motifs is 1. The molecule has 0 aromatic heterocycles. The summed E-state index contributed by atoms with van der Waals surface area (Å²) in [6.45, 7) is 1.27. The van der Waals surface area contributed by atoms with Crippen molar-refractivity contribution in [3.8, 4) is 11.9 Å². The predicted octanol–water partition coefficient (Wildman–Crippen LogP) is 2.88. The van der Waals surface area contributed by atoms with Crippen LogP contribution < -0.4 is 20.7 Å². The zero-order valence-corrected chi connectivity index (χ0v) is 18.4. The molecule has 0 spiro atoms. The molecule has 4 rings (SSSR count). The number of ether oxygens (including phenoxy) is 1. The number of benzene rings is 2. The van der Waals surface area contributed by atoms with Gasteiger partial charge in [0.2, 0.25) is 5.96 Å². The van der Waals surface area contributed by atoms with Gasteiger partial charge >= 0.3 is 0 Å². The minimum absolute atomic E-state index is 0.0473. The molecule has 2 aromatic carbocycles. The van der Waals surface area contributed by atoms with Gasteiger partial charge < -0.3 is 15.4 Å². The summed E-state index contributed by atoms with van der Waals surface area (Å²) in [5, 5.41) is 18.0. The van der Waals surface area contributed by atoms with Crippen molar-refractivity contribution in [1.29, 1.82) is 5.26 Å². The predicted molar refractivity (Wildman–Crippen MR) is 124 cm³/mol. The first-order chi connectivity index (χ1) is 15.6. The molecule has 3 N–H and O–H groups in total. The van der Waals surface area contributed by atoms with Crippen LogP contribution in [0.25, 0.3) is 0 Å². The van der Waals surface area contributed by atoms with E-state index in [0.717, 1.165) is 43.4 Å². The first-order valence-corrected chi connectivity index (χ1v) is 11.1. The van der Waals surface area contributed by atoms with Gasteiger partial charge in [0.25, 0.3) is 5.91 Å². The van der Waals surface area contributed by atoms with E-state index in [0.29, 0.717) is 24.7 Å². The number of nitriles is 1. The highest BCUT2D eigenvalue weighted by Gasteiger charge is 2.37. The van der Waals surface area contributed by atoms with Gasteiger partial charge in [-0.05, 0) is 55.0 Å². The number of nitrogens with zero attached hydrogens (tertiary/aromatic N) is 2. The van der Waals surface area contributed by atoms with Crippen LogP contribution >= 0.6 is 0 Å². The third-order valence-electron chi connectivity index (χ3n) is 6.61. The number of carbonyl (C=O) groups is 1. The van der Waals surface area contributed by atoms with Gasteiger partial charge in [0.1, 0.15) is 5.75 Å². The molecule has 2 aliphatic rings. The molecule has 1 heterocycles. The van der Waals surface area contributed by atoms with Crippen LogP contribution in [0.15, 0.2) is 53.5 Å². The summed E-state index contributed by atoms with van der Waals surface area (Å²) in [6, 6.07) is 16.4. The Morgan fingerprint density at radius 2 is 2.00 bits per heavy atom. The van der Waals surface area contributed by atoms with Crippen molar-refractivity contribution in [2.75, 3.05) is 20.2 Å². The van der Waals surface area contributed by atoms with Gasteiger partial charge in [-0.3, -0.25) is 15.1 Å². The number of rotatable bonds is 5. The molecular weight excluding hydrogens is 402 g/mol. The second kappa shape index (κ2) is 9.73. The molecule has 1 aliphatic heterocycles. The molecule has 0 bridgehead atoms. The van der Waals surface area contributed by atoms with Crippen LogP contribution in [0.3, 0.4) is 0 Å². The fourth-order valence-electron chi connectivity index (χ4n) is 4.76. The van der Waals surface area contributed by atoms with Crippen molar-refractivity contribution in [3.05, 3.63) is 65.2 Å². The van der Waals surface area contributed by atoms with E-state index in [9.17, 15) is 4.79 Å². The third kappa shape index (κ3) is 4.70. The summed E-state index contributed by atoms with van der Waals surface area (Å²) in [7, 11) is 1.66. The Labute approximate surface area is 188 Å². The first kappa shape index (κ1) is 21.7. The summed E-state index contributed by atoms with van der Waals surface area (Å²) in [5.74, 6) is 1.33. The van der Waals surface area contributed by atoms with Crippen LogP contribution in [0.1, 0.15) is 47.2 Å². The molecule has 7 nitrogen and oxygen atoms in total. The summed E-state index contributed by atoms with van der Waals surface area (Å²) < 4.78 is 5.55.